The molecule has 100 valence electrons. The second-order valence-electron chi connectivity index (χ2n) is 4.65. The predicted octanol–water partition coefficient (Wildman–Crippen LogP) is 4.20. The Bertz CT molecular complexity index is 500. The lowest BCUT2D eigenvalue weighted by atomic mass is 10.00. The van der Waals surface area contributed by atoms with Gasteiger partial charge in [0.2, 0.25) is 0 Å². The van der Waals surface area contributed by atoms with Crippen LogP contribution < -0.4 is 4.74 Å². The van der Waals surface area contributed by atoms with E-state index in [-0.39, 0.29) is 6.10 Å². The van der Waals surface area contributed by atoms with Crippen molar-refractivity contribution in [1.29, 1.82) is 0 Å². The number of benzene rings is 2. The largest absolute Gasteiger partial charge is 0.497 e. The van der Waals surface area contributed by atoms with E-state index in [1.54, 1.807) is 7.11 Å². The normalized spacial score (nSPS) is 12.2. The molecule has 0 spiro atoms. The standard InChI is InChI=1S/C17H20O2/c1-3-4-17(18)15-7-5-13(6-8-15)14-9-11-16(19-2)12-10-14/h5-12,17-18H,3-4H2,1-2H3. The molecule has 1 atom stereocenters. The summed E-state index contributed by atoms with van der Waals surface area (Å²) in [6, 6.07) is 16.1. The lowest BCUT2D eigenvalue weighted by molar-refractivity contribution is 0.166. The van der Waals surface area contributed by atoms with E-state index in [4.69, 9.17) is 4.74 Å². The monoisotopic (exact) mass is 256 g/mol. The van der Waals surface area contributed by atoms with Crippen LogP contribution in [0.5, 0.6) is 5.75 Å². The molecule has 0 aromatic heterocycles. The van der Waals surface area contributed by atoms with Gasteiger partial charge in [0, 0.05) is 0 Å². The Morgan fingerprint density at radius 3 is 1.95 bits per heavy atom. The summed E-state index contributed by atoms with van der Waals surface area (Å²) in [5.41, 5.74) is 3.28. The summed E-state index contributed by atoms with van der Waals surface area (Å²) in [6.45, 7) is 2.08. The van der Waals surface area contributed by atoms with Gasteiger partial charge in [-0.05, 0) is 35.2 Å². The number of hydrogen-bond acceptors (Lipinski definition) is 2. The summed E-state index contributed by atoms with van der Waals surface area (Å²) < 4.78 is 5.15. The van der Waals surface area contributed by atoms with E-state index >= 15 is 0 Å². The Balaban J connectivity index is 2.17. The van der Waals surface area contributed by atoms with Crippen molar-refractivity contribution >= 4 is 0 Å². The molecule has 2 nitrogen and oxygen atoms in total. The Morgan fingerprint density at radius 1 is 0.947 bits per heavy atom. The molecule has 2 rings (SSSR count). The Hall–Kier alpha value is -1.80. The average molecular weight is 256 g/mol. The SMILES string of the molecule is CCCC(O)c1ccc(-c2ccc(OC)cc2)cc1. The maximum absolute atomic E-state index is 9.93. The van der Waals surface area contributed by atoms with E-state index in [0.29, 0.717) is 0 Å². The van der Waals surface area contributed by atoms with Crippen LogP contribution >= 0.6 is 0 Å². The molecule has 0 bridgehead atoms. The Morgan fingerprint density at radius 2 is 1.47 bits per heavy atom. The van der Waals surface area contributed by atoms with Crippen molar-refractivity contribution in [2.24, 2.45) is 0 Å². The third-order valence-corrected chi connectivity index (χ3v) is 3.28. The molecule has 0 heterocycles. The second kappa shape index (κ2) is 6.39. The van der Waals surface area contributed by atoms with Gasteiger partial charge in [-0.15, -0.1) is 0 Å². The first-order valence-electron chi connectivity index (χ1n) is 6.67. The molecule has 0 amide bonds. The number of hydrogen-bond donors (Lipinski definition) is 1. The molecule has 19 heavy (non-hydrogen) atoms. The number of ether oxygens (including phenoxy) is 1. The molecular weight excluding hydrogens is 236 g/mol. The molecule has 0 radical (unpaired) electrons. The van der Waals surface area contributed by atoms with Gasteiger partial charge < -0.3 is 9.84 Å². The molecule has 2 heteroatoms. The predicted molar refractivity (Wildman–Crippen MR) is 78.3 cm³/mol. The van der Waals surface area contributed by atoms with E-state index in [1.807, 2.05) is 36.4 Å². The minimum absolute atomic E-state index is 0.352. The molecule has 0 fully saturated rings. The summed E-state index contributed by atoms with van der Waals surface area (Å²) in [5, 5.41) is 9.93. The quantitative estimate of drug-likeness (QED) is 0.869. The molecule has 2 aromatic rings. The van der Waals surface area contributed by atoms with E-state index in [0.717, 1.165) is 35.3 Å². The highest BCUT2D eigenvalue weighted by Gasteiger charge is 2.06. The third kappa shape index (κ3) is 3.36. The topological polar surface area (TPSA) is 29.5 Å². The molecule has 0 aliphatic carbocycles. The highest BCUT2D eigenvalue weighted by atomic mass is 16.5. The van der Waals surface area contributed by atoms with Crippen molar-refractivity contribution < 1.29 is 9.84 Å². The molecule has 1 unspecified atom stereocenters. The number of aliphatic hydroxyl groups excluding tert-OH is 1. The van der Waals surface area contributed by atoms with Gasteiger partial charge in [0.1, 0.15) is 5.75 Å². The van der Waals surface area contributed by atoms with Crippen molar-refractivity contribution in [1.82, 2.24) is 0 Å². The van der Waals surface area contributed by atoms with Crippen LogP contribution in [0.4, 0.5) is 0 Å². The fourth-order valence-electron chi connectivity index (χ4n) is 2.12. The lowest BCUT2D eigenvalue weighted by Crippen LogP contribution is -1.96. The van der Waals surface area contributed by atoms with Gasteiger partial charge >= 0.3 is 0 Å². The van der Waals surface area contributed by atoms with Crippen molar-refractivity contribution in [3.63, 3.8) is 0 Å². The van der Waals surface area contributed by atoms with Crippen LogP contribution in [0.2, 0.25) is 0 Å². The molecular formula is C17H20O2. The van der Waals surface area contributed by atoms with Gasteiger partial charge in [-0.25, -0.2) is 0 Å². The maximum Gasteiger partial charge on any atom is 0.118 e. The molecule has 0 aliphatic heterocycles. The zero-order chi connectivity index (χ0) is 13.7. The van der Waals surface area contributed by atoms with Crippen LogP contribution in [0.15, 0.2) is 48.5 Å². The third-order valence-electron chi connectivity index (χ3n) is 3.28. The minimum atomic E-state index is -0.352. The summed E-state index contributed by atoms with van der Waals surface area (Å²) >= 11 is 0. The lowest BCUT2D eigenvalue weighted by Gasteiger charge is -2.10. The number of methoxy groups -OCH3 is 1. The first kappa shape index (κ1) is 13.6. The van der Waals surface area contributed by atoms with Crippen LogP contribution in [-0.4, -0.2) is 12.2 Å². The van der Waals surface area contributed by atoms with E-state index in [9.17, 15) is 5.11 Å². The van der Waals surface area contributed by atoms with Crippen LogP contribution in [-0.2, 0) is 0 Å². The highest BCUT2D eigenvalue weighted by Crippen LogP contribution is 2.25. The van der Waals surface area contributed by atoms with Gasteiger partial charge in [-0.1, -0.05) is 49.7 Å². The maximum atomic E-state index is 9.93. The van der Waals surface area contributed by atoms with E-state index in [1.165, 1.54) is 0 Å². The van der Waals surface area contributed by atoms with Gasteiger partial charge in [0.25, 0.3) is 0 Å². The number of rotatable bonds is 5. The zero-order valence-electron chi connectivity index (χ0n) is 11.5. The smallest absolute Gasteiger partial charge is 0.118 e. The van der Waals surface area contributed by atoms with Crippen LogP contribution in [0.1, 0.15) is 31.4 Å². The van der Waals surface area contributed by atoms with Crippen LogP contribution in [0, 0.1) is 0 Å². The van der Waals surface area contributed by atoms with E-state index in [2.05, 4.69) is 19.1 Å². The zero-order valence-corrected chi connectivity index (χ0v) is 11.5. The van der Waals surface area contributed by atoms with Crippen LogP contribution in [0.25, 0.3) is 11.1 Å². The second-order valence-corrected chi connectivity index (χ2v) is 4.65. The van der Waals surface area contributed by atoms with Crippen molar-refractivity contribution in [2.45, 2.75) is 25.9 Å². The highest BCUT2D eigenvalue weighted by molar-refractivity contribution is 5.64. The Kier molecular flexibility index (Phi) is 4.58. The molecule has 0 aliphatic rings. The molecule has 1 N–H and O–H groups in total. The summed E-state index contributed by atoms with van der Waals surface area (Å²) in [6.07, 6.45) is 1.44. The van der Waals surface area contributed by atoms with Gasteiger partial charge in [-0.3, -0.25) is 0 Å². The van der Waals surface area contributed by atoms with Crippen molar-refractivity contribution in [3.05, 3.63) is 54.1 Å². The van der Waals surface area contributed by atoms with Gasteiger partial charge in [0.15, 0.2) is 0 Å². The van der Waals surface area contributed by atoms with Crippen molar-refractivity contribution in [2.75, 3.05) is 7.11 Å². The molecule has 0 saturated heterocycles. The molecule has 2 aromatic carbocycles. The summed E-state index contributed by atoms with van der Waals surface area (Å²) in [4.78, 5) is 0. The first-order chi connectivity index (χ1) is 9.24. The van der Waals surface area contributed by atoms with Gasteiger partial charge in [-0.2, -0.15) is 0 Å². The minimum Gasteiger partial charge on any atom is -0.497 e. The van der Waals surface area contributed by atoms with Gasteiger partial charge in [0.05, 0.1) is 13.2 Å². The summed E-state index contributed by atoms with van der Waals surface area (Å²) in [7, 11) is 1.67. The average Bonchev–Trinajstić information content (AvgIpc) is 2.48. The van der Waals surface area contributed by atoms with Crippen LogP contribution in [0.3, 0.4) is 0 Å². The Labute approximate surface area is 114 Å². The van der Waals surface area contributed by atoms with E-state index < -0.39 is 0 Å². The fraction of sp³-hybridized carbons (Fsp3) is 0.294. The van der Waals surface area contributed by atoms with Crippen molar-refractivity contribution in [3.8, 4) is 16.9 Å². The first-order valence-corrected chi connectivity index (χ1v) is 6.67. The summed E-state index contributed by atoms with van der Waals surface area (Å²) in [5.74, 6) is 0.860. The molecule has 0 saturated carbocycles. The fourth-order valence-corrected chi connectivity index (χ4v) is 2.12. The number of aliphatic hydroxyl groups is 1.